The third kappa shape index (κ3) is 3.55. The molecular formula is C13H7IN2O6-2. The van der Waals surface area contributed by atoms with Gasteiger partial charge in [-0.05, 0) is 0 Å². The summed E-state index contributed by atoms with van der Waals surface area (Å²) in [6.07, 6.45) is 0. The minimum absolute atomic E-state index is 0.113. The maximum absolute atomic E-state index is 11.1. The summed E-state index contributed by atoms with van der Waals surface area (Å²) in [5.41, 5.74) is -0.479. The van der Waals surface area contributed by atoms with Gasteiger partial charge < -0.3 is 0 Å². The number of nitrogens with zero attached hydrogens (tertiary/aromatic N) is 2. The first kappa shape index (κ1) is 15.8. The number of aromatic carboxylic acids is 1. The summed E-state index contributed by atoms with van der Waals surface area (Å²) in [5.74, 6) is -1.44. The Bertz CT molecular complexity index is 777. The van der Waals surface area contributed by atoms with Gasteiger partial charge in [0.2, 0.25) is 0 Å². The van der Waals surface area contributed by atoms with Crippen LogP contribution in [0.15, 0.2) is 42.5 Å². The van der Waals surface area contributed by atoms with Crippen LogP contribution in [-0.4, -0.2) is 15.8 Å². The monoisotopic (exact) mass is 414 g/mol. The normalized spacial score (nSPS) is 10.4. The van der Waals surface area contributed by atoms with Gasteiger partial charge in [-0.2, -0.15) is 0 Å². The van der Waals surface area contributed by atoms with Gasteiger partial charge in [0.1, 0.15) is 0 Å². The predicted octanol–water partition coefficient (Wildman–Crippen LogP) is -2.01. The van der Waals surface area contributed by atoms with Gasteiger partial charge in [0.15, 0.2) is 0 Å². The molecule has 0 unspecified atom stereocenters. The van der Waals surface area contributed by atoms with Crippen molar-refractivity contribution in [2.24, 2.45) is 0 Å². The van der Waals surface area contributed by atoms with Gasteiger partial charge in [-0.25, -0.2) is 0 Å². The Balaban J connectivity index is 2.45. The molecule has 0 saturated heterocycles. The number of nitro groups is 2. The molecule has 0 aliphatic rings. The van der Waals surface area contributed by atoms with Gasteiger partial charge in [0.05, 0.1) is 0 Å². The molecule has 0 aliphatic heterocycles. The molecular weight excluding hydrogens is 407 g/mol. The van der Waals surface area contributed by atoms with Crippen molar-refractivity contribution in [2.75, 3.05) is 0 Å². The second-order valence-corrected chi connectivity index (χ2v) is 6.99. The molecule has 9 heteroatoms. The van der Waals surface area contributed by atoms with Crippen molar-refractivity contribution in [3.8, 4) is 0 Å². The molecule has 0 saturated carbocycles. The zero-order valence-corrected chi connectivity index (χ0v) is 12.9. The van der Waals surface area contributed by atoms with Crippen LogP contribution in [0.2, 0.25) is 0 Å². The SMILES string of the molecule is O=C([O-])c1ccc([N+](=O)[O-])cc1[I-]c1cccc([N+](=O)[O-])c1. The third-order valence-electron chi connectivity index (χ3n) is 2.61. The zero-order chi connectivity index (χ0) is 16.3. The predicted molar refractivity (Wildman–Crippen MR) is 67.9 cm³/mol. The van der Waals surface area contributed by atoms with E-state index in [1.165, 1.54) is 24.3 Å². The maximum atomic E-state index is 11.1. The molecule has 0 atom stereocenters. The van der Waals surface area contributed by atoms with E-state index in [0.29, 0.717) is 3.57 Å². The number of non-ortho nitro benzene ring substituents is 2. The Labute approximate surface area is 134 Å². The second-order valence-electron chi connectivity index (χ2n) is 4.04. The first-order valence-corrected chi connectivity index (χ1v) is 7.93. The van der Waals surface area contributed by atoms with Crippen molar-refractivity contribution in [1.29, 1.82) is 0 Å². The van der Waals surface area contributed by atoms with Crippen LogP contribution < -0.4 is 26.3 Å². The average Bonchev–Trinajstić information content (AvgIpc) is 2.47. The van der Waals surface area contributed by atoms with Crippen molar-refractivity contribution in [2.45, 2.75) is 0 Å². The standard InChI is InChI=1S/C13H8IN2O6/c17-13(18)11-5-4-10(16(21)22)7-12(11)14-8-2-1-3-9(6-8)15(19)20/h1-7H,(H,17,18)/q-1/p-1. The fourth-order valence-electron chi connectivity index (χ4n) is 1.63. The molecule has 0 heterocycles. The Morgan fingerprint density at radius 3 is 2.18 bits per heavy atom. The Hall–Kier alpha value is -2.56. The Morgan fingerprint density at radius 2 is 1.59 bits per heavy atom. The van der Waals surface area contributed by atoms with E-state index >= 15 is 0 Å². The van der Waals surface area contributed by atoms with E-state index in [2.05, 4.69) is 0 Å². The van der Waals surface area contributed by atoms with Gasteiger partial charge in [0, 0.05) is 0 Å². The van der Waals surface area contributed by atoms with Crippen molar-refractivity contribution in [3.05, 3.63) is 75.4 Å². The summed E-state index contributed by atoms with van der Waals surface area (Å²) < 4.78 is 0.851. The van der Waals surface area contributed by atoms with Crippen LogP contribution in [0.1, 0.15) is 10.4 Å². The van der Waals surface area contributed by atoms with Gasteiger partial charge in [0.25, 0.3) is 0 Å². The molecule has 0 aromatic heterocycles. The first-order chi connectivity index (χ1) is 10.4. The van der Waals surface area contributed by atoms with Gasteiger partial charge in [-0.3, -0.25) is 0 Å². The summed E-state index contributed by atoms with van der Waals surface area (Å²) in [5, 5.41) is 32.6. The van der Waals surface area contributed by atoms with E-state index in [9.17, 15) is 30.1 Å². The van der Waals surface area contributed by atoms with Crippen LogP contribution in [0.25, 0.3) is 0 Å². The number of carbonyl (C=O) groups is 1. The molecule has 0 radical (unpaired) electrons. The van der Waals surface area contributed by atoms with E-state index in [4.69, 9.17) is 0 Å². The third-order valence-corrected chi connectivity index (χ3v) is 5.38. The number of carboxylic acid groups (broad SMARTS) is 1. The number of nitro benzene ring substituents is 2. The van der Waals surface area contributed by atoms with E-state index in [1.54, 1.807) is 6.07 Å². The van der Waals surface area contributed by atoms with Crippen LogP contribution in [0.4, 0.5) is 11.4 Å². The summed E-state index contributed by atoms with van der Waals surface area (Å²) in [7, 11) is 0. The molecule has 22 heavy (non-hydrogen) atoms. The van der Waals surface area contributed by atoms with Gasteiger partial charge >= 0.3 is 134 Å². The molecule has 0 aliphatic carbocycles. The van der Waals surface area contributed by atoms with Gasteiger partial charge in [-0.15, -0.1) is 0 Å². The summed E-state index contributed by atoms with van der Waals surface area (Å²) in [6.45, 7) is 0. The number of halogens is 1. The Morgan fingerprint density at radius 1 is 0.955 bits per heavy atom. The fourth-order valence-corrected chi connectivity index (χ4v) is 4.33. The molecule has 0 N–H and O–H groups in total. The van der Waals surface area contributed by atoms with Gasteiger partial charge in [-0.1, -0.05) is 0 Å². The summed E-state index contributed by atoms with van der Waals surface area (Å²) >= 11 is -1.14. The molecule has 2 aromatic rings. The number of hydrogen-bond acceptors (Lipinski definition) is 6. The van der Waals surface area contributed by atoms with E-state index in [0.717, 1.165) is 12.1 Å². The number of benzene rings is 2. The topological polar surface area (TPSA) is 126 Å². The average molecular weight is 414 g/mol. The molecule has 0 bridgehead atoms. The number of rotatable bonds is 5. The Kier molecular flexibility index (Phi) is 4.65. The van der Waals surface area contributed by atoms with E-state index < -0.39 is 37.0 Å². The van der Waals surface area contributed by atoms with E-state index in [1.807, 2.05) is 0 Å². The molecule has 0 spiro atoms. The molecule has 8 nitrogen and oxygen atoms in total. The van der Waals surface area contributed by atoms with Crippen molar-refractivity contribution in [1.82, 2.24) is 0 Å². The van der Waals surface area contributed by atoms with Crippen molar-refractivity contribution >= 4 is 17.3 Å². The number of carbonyl (C=O) groups excluding carboxylic acids is 1. The van der Waals surface area contributed by atoms with Crippen LogP contribution in [-0.2, 0) is 0 Å². The number of hydrogen-bond donors (Lipinski definition) is 0. The van der Waals surface area contributed by atoms with Crippen molar-refractivity contribution < 1.29 is 41.0 Å². The van der Waals surface area contributed by atoms with Crippen LogP contribution in [0.5, 0.6) is 0 Å². The molecule has 2 aromatic carbocycles. The molecule has 0 fully saturated rings. The van der Waals surface area contributed by atoms with Crippen LogP contribution >= 0.6 is 0 Å². The fraction of sp³-hybridized carbons (Fsp3) is 0. The van der Waals surface area contributed by atoms with Crippen LogP contribution in [0, 0.1) is 27.4 Å². The first-order valence-electron chi connectivity index (χ1n) is 5.77. The summed E-state index contributed by atoms with van der Waals surface area (Å²) in [6, 6.07) is 9.16. The minimum atomic E-state index is -1.44. The van der Waals surface area contributed by atoms with Crippen LogP contribution in [0.3, 0.4) is 0 Å². The molecule has 114 valence electrons. The number of carboxylic acids is 1. The summed E-state index contributed by atoms with van der Waals surface area (Å²) in [4.78, 5) is 31.5. The molecule has 2 rings (SSSR count). The van der Waals surface area contributed by atoms with Crippen molar-refractivity contribution in [3.63, 3.8) is 0 Å². The molecule has 0 amide bonds. The second kappa shape index (κ2) is 6.47. The quantitative estimate of drug-likeness (QED) is 0.316. The van der Waals surface area contributed by atoms with E-state index in [-0.39, 0.29) is 20.5 Å². The zero-order valence-electron chi connectivity index (χ0n) is 10.8.